The van der Waals surface area contributed by atoms with Gasteiger partial charge in [-0.05, 0) is 23.6 Å². The number of para-hydroxylation sites is 2. The van der Waals surface area contributed by atoms with E-state index in [1.165, 1.54) is 11.3 Å². The average molecular weight is 375 g/mol. The van der Waals surface area contributed by atoms with Crippen LogP contribution in [-0.2, 0) is 4.79 Å². The largest absolute Gasteiger partial charge is 0.457 e. The Morgan fingerprint density at radius 2 is 1.67 bits per heavy atom. The number of rotatable bonds is 3. The van der Waals surface area contributed by atoms with Crippen LogP contribution in [0.1, 0.15) is 17.0 Å². The zero-order valence-corrected chi connectivity index (χ0v) is 14.8. The first-order valence-corrected chi connectivity index (χ1v) is 9.26. The van der Waals surface area contributed by atoms with Crippen LogP contribution in [0.2, 0.25) is 0 Å². The molecule has 0 saturated heterocycles. The van der Waals surface area contributed by atoms with Crippen molar-refractivity contribution in [3.63, 3.8) is 0 Å². The SMILES string of the molecule is O=C(Nc1nnc(-c2ccsc2)o1)C1c2ccccc2Oc2ccccc21. The zero-order chi connectivity index (χ0) is 18.2. The van der Waals surface area contributed by atoms with Crippen LogP contribution in [0.3, 0.4) is 0 Å². The quantitative estimate of drug-likeness (QED) is 0.563. The lowest BCUT2D eigenvalue weighted by molar-refractivity contribution is -0.117. The second-order valence-electron chi connectivity index (χ2n) is 6.02. The van der Waals surface area contributed by atoms with Gasteiger partial charge in [0.25, 0.3) is 5.89 Å². The molecule has 1 amide bonds. The lowest BCUT2D eigenvalue weighted by atomic mass is 9.87. The van der Waals surface area contributed by atoms with Crippen molar-refractivity contribution in [2.75, 3.05) is 5.32 Å². The van der Waals surface area contributed by atoms with Gasteiger partial charge in [0.05, 0.1) is 5.92 Å². The van der Waals surface area contributed by atoms with Crippen LogP contribution < -0.4 is 10.1 Å². The Kier molecular flexibility index (Phi) is 3.72. The van der Waals surface area contributed by atoms with Gasteiger partial charge in [-0.1, -0.05) is 41.5 Å². The summed E-state index contributed by atoms with van der Waals surface area (Å²) >= 11 is 1.54. The Labute approximate surface area is 158 Å². The highest BCUT2D eigenvalue weighted by atomic mass is 32.1. The van der Waals surface area contributed by atoms with E-state index in [2.05, 4.69) is 15.5 Å². The highest BCUT2D eigenvalue weighted by Crippen LogP contribution is 2.44. The van der Waals surface area contributed by atoms with Gasteiger partial charge in [-0.3, -0.25) is 10.1 Å². The van der Waals surface area contributed by atoms with E-state index in [-0.39, 0.29) is 11.9 Å². The molecule has 0 aliphatic carbocycles. The standard InChI is InChI=1S/C20H13N3O3S/c24-18(21-20-23-22-19(26-20)12-9-10-27-11-12)17-13-5-1-3-7-15(13)25-16-8-4-2-6-14(16)17/h1-11,17H,(H,21,23,24). The van der Waals surface area contributed by atoms with Gasteiger partial charge in [-0.2, -0.15) is 11.3 Å². The number of thiophene rings is 1. The molecule has 1 aliphatic heterocycles. The lowest BCUT2D eigenvalue weighted by Crippen LogP contribution is -2.25. The molecule has 6 nitrogen and oxygen atoms in total. The molecule has 1 aliphatic rings. The van der Waals surface area contributed by atoms with Crippen molar-refractivity contribution < 1.29 is 13.9 Å². The predicted octanol–water partition coefficient (Wildman–Crippen LogP) is 4.67. The number of nitrogens with one attached hydrogen (secondary N) is 1. The number of nitrogens with zero attached hydrogens (tertiary/aromatic N) is 2. The van der Waals surface area contributed by atoms with Gasteiger partial charge < -0.3 is 9.15 Å². The molecular weight excluding hydrogens is 362 g/mol. The molecule has 0 atom stereocenters. The highest BCUT2D eigenvalue weighted by molar-refractivity contribution is 7.08. The van der Waals surface area contributed by atoms with Gasteiger partial charge in [0.2, 0.25) is 5.91 Å². The Bertz CT molecular complexity index is 1080. The maximum absolute atomic E-state index is 13.1. The number of hydrogen-bond donors (Lipinski definition) is 1. The lowest BCUT2D eigenvalue weighted by Gasteiger charge is -2.26. The summed E-state index contributed by atoms with van der Waals surface area (Å²) in [5, 5.41) is 14.5. The van der Waals surface area contributed by atoms with E-state index >= 15 is 0 Å². The van der Waals surface area contributed by atoms with E-state index in [1.807, 2.05) is 65.4 Å². The van der Waals surface area contributed by atoms with E-state index < -0.39 is 5.92 Å². The fourth-order valence-electron chi connectivity index (χ4n) is 3.15. The minimum Gasteiger partial charge on any atom is -0.457 e. The number of carbonyl (C=O) groups is 1. The first-order valence-electron chi connectivity index (χ1n) is 8.32. The summed E-state index contributed by atoms with van der Waals surface area (Å²) in [7, 11) is 0. The number of fused-ring (bicyclic) bond motifs is 2. The van der Waals surface area contributed by atoms with Crippen molar-refractivity contribution in [3.05, 3.63) is 76.5 Å². The molecule has 2 aromatic carbocycles. The third-order valence-corrected chi connectivity index (χ3v) is 5.05. The summed E-state index contributed by atoms with van der Waals surface area (Å²) in [4.78, 5) is 13.1. The van der Waals surface area contributed by atoms with Gasteiger partial charge in [0.15, 0.2) is 0 Å². The summed E-state index contributed by atoms with van der Waals surface area (Å²) in [6.07, 6.45) is 0. The topological polar surface area (TPSA) is 77.3 Å². The molecule has 0 bridgehead atoms. The number of amides is 1. The number of benzene rings is 2. The van der Waals surface area contributed by atoms with E-state index in [0.717, 1.165) is 16.7 Å². The van der Waals surface area contributed by atoms with Crippen molar-refractivity contribution in [3.8, 4) is 23.0 Å². The van der Waals surface area contributed by atoms with Crippen LogP contribution in [0.15, 0.2) is 69.8 Å². The van der Waals surface area contributed by atoms with Crippen LogP contribution in [0.5, 0.6) is 11.5 Å². The number of anilines is 1. The van der Waals surface area contributed by atoms with Gasteiger partial charge in [-0.15, -0.1) is 5.10 Å². The van der Waals surface area contributed by atoms with Crippen molar-refractivity contribution in [2.24, 2.45) is 0 Å². The van der Waals surface area contributed by atoms with Crippen LogP contribution in [0.4, 0.5) is 6.01 Å². The summed E-state index contributed by atoms with van der Waals surface area (Å²) in [5.74, 6) is 0.933. The molecule has 0 radical (unpaired) electrons. The van der Waals surface area contributed by atoms with Gasteiger partial charge in [-0.25, -0.2) is 0 Å². The van der Waals surface area contributed by atoms with Gasteiger partial charge in [0.1, 0.15) is 11.5 Å². The molecular formula is C20H13N3O3S. The van der Waals surface area contributed by atoms with Crippen molar-refractivity contribution in [1.82, 2.24) is 10.2 Å². The first-order chi connectivity index (χ1) is 13.3. The second-order valence-corrected chi connectivity index (χ2v) is 6.80. The summed E-state index contributed by atoms with van der Waals surface area (Å²) in [6.45, 7) is 0. The van der Waals surface area contributed by atoms with Gasteiger partial charge in [0, 0.05) is 22.1 Å². The van der Waals surface area contributed by atoms with Crippen LogP contribution in [-0.4, -0.2) is 16.1 Å². The molecule has 2 aromatic heterocycles. The predicted molar refractivity (Wildman–Crippen MR) is 101 cm³/mol. The smallest absolute Gasteiger partial charge is 0.322 e. The molecule has 5 rings (SSSR count). The Morgan fingerprint density at radius 1 is 0.963 bits per heavy atom. The summed E-state index contributed by atoms with van der Waals surface area (Å²) in [5.41, 5.74) is 2.42. The zero-order valence-electron chi connectivity index (χ0n) is 14.0. The van der Waals surface area contributed by atoms with Gasteiger partial charge >= 0.3 is 6.01 Å². The molecule has 0 saturated carbocycles. The second kappa shape index (κ2) is 6.37. The summed E-state index contributed by atoms with van der Waals surface area (Å²) in [6, 6.07) is 17.0. The fraction of sp³-hybridized carbons (Fsp3) is 0.0500. The average Bonchev–Trinajstić information content (AvgIpc) is 3.37. The molecule has 4 aromatic rings. The van der Waals surface area contributed by atoms with Crippen molar-refractivity contribution >= 4 is 23.3 Å². The summed E-state index contributed by atoms with van der Waals surface area (Å²) < 4.78 is 11.5. The van der Waals surface area contributed by atoms with Crippen molar-refractivity contribution in [2.45, 2.75) is 5.92 Å². The maximum Gasteiger partial charge on any atom is 0.322 e. The van der Waals surface area contributed by atoms with E-state index in [9.17, 15) is 4.79 Å². The molecule has 0 unspecified atom stereocenters. The highest BCUT2D eigenvalue weighted by Gasteiger charge is 2.33. The normalized spacial score (nSPS) is 12.7. The maximum atomic E-state index is 13.1. The number of hydrogen-bond acceptors (Lipinski definition) is 6. The molecule has 7 heteroatoms. The van der Waals surface area contributed by atoms with E-state index in [0.29, 0.717) is 17.4 Å². The molecule has 132 valence electrons. The third kappa shape index (κ3) is 2.78. The minimum atomic E-state index is -0.525. The van der Waals surface area contributed by atoms with Crippen LogP contribution in [0.25, 0.3) is 11.5 Å². The molecule has 0 fully saturated rings. The van der Waals surface area contributed by atoms with Crippen LogP contribution in [0, 0.1) is 0 Å². The number of aromatic nitrogens is 2. The monoisotopic (exact) mass is 375 g/mol. The Hall–Kier alpha value is -3.45. The molecule has 3 heterocycles. The molecule has 0 spiro atoms. The number of ether oxygens (including phenoxy) is 1. The van der Waals surface area contributed by atoms with E-state index in [1.54, 1.807) is 0 Å². The fourth-order valence-corrected chi connectivity index (χ4v) is 3.78. The molecule has 1 N–H and O–H groups in total. The van der Waals surface area contributed by atoms with Crippen LogP contribution >= 0.6 is 11.3 Å². The van der Waals surface area contributed by atoms with E-state index in [4.69, 9.17) is 9.15 Å². The first kappa shape index (κ1) is 15.8. The third-order valence-electron chi connectivity index (χ3n) is 4.37. The Balaban J connectivity index is 1.48. The van der Waals surface area contributed by atoms with Crippen molar-refractivity contribution in [1.29, 1.82) is 0 Å². The number of carbonyl (C=O) groups excluding carboxylic acids is 1. The Morgan fingerprint density at radius 3 is 2.33 bits per heavy atom. The molecule has 27 heavy (non-hydrogen) atoms. The minimum absolute atomic E-state index is 0.0719.